The van der Waals surface area contributed by atoms with E-state index in [1.807, 2.05) is 0 Å². The number of hydrogen-bond acceptors (Lipinski definition) is 2. The van der Waals surface area contributed by atoms with Crippen LogP contribution in [0.3, 0.4) is 0 Å². The van der Waals surface area contributed by atoms with Crippen LogP contribution < -0.4 is 0 Å². The Bertz CT molecular complexity index is 525. The van der Waals surface area contributed by atoms with Crippen LogP contribution in [0.15, 0.2) is 36.5 Å². The van der Waals surface area contributed by atoms with Gasteiger partial charge >= 0.3 is 0 Å². The minimum absolute atomic E-state index is 0.0921. The van der Waals surface area contributed by atoms with Crippen molar-refractivity contribution < 1.29 is 9.50 Å². The molecule has 1 heterocycles. The third-order valence-electron chi connectivity index (χ3n) is 2.59. The molecular formula is C13H10Cl2FNO. The van der Waals surface area contributed by atoms with Gasteiger partial charge in [-0.3, -0.25) is 0 Å². The van der Waals surface area contributed by atoms with Crippen LogP contribution in [-0.2, 0) is 6.42 Å². The third-order valence-corrected chi connectivity index (χ3v) is 3.17. The Morgan fingerprint density at radius 3 is 2.61 bits per heavy atom. The molecule has 18 heavy (non-hydrogen) atoms. The Morgan fingerprint density at radius 2 is 2.00 bits per heavy atom. The van der Waals surface area contributed by atoms with E-state index in [0.29, 0.717) is 21.3 Å². The van der Waals surface area contributed by atoms with Gasteiger partial charge in [-0.2, -0.15) is 0 Å². The van der Waals surface area contributed by atoms with Crippen LogP contribution in [0.4, 0.5) is 4.39 Å². The van der Waals surface area contributed by atoms with Crippen LogP contribution in [0.25, 0.3) is 0 Å². The molecule has 0 fully saturated rings. The summed E-state index contributed by atoms with van der Waals surface area (Å²) >= 11 is 11.6. The van der Waals surface area contributed by atoms with Crippen molar-refractivity contribution in [2.45, 2.75) is 12.5 Å². The first-order valence-corrected chi connectivity index (χ1v) is 6.06. The molecule has 1 atom stereocenters. The van der Waals surface area contributed by atoms with E-state index in [-0.39, 0.29) is 6.42 Å². The normalized spacial score (nSPS) is 12.4. The Morgan fingerprint density at radius 1 is 1.22 bits per heavy atom. The van der Waals surface area contributed by atoms with Crippen molar-refractivity contribution in [1.29, 1.82) is 0 Å². The van der Waals surface area contributed by atoms with Crippen molar-refractivity contribution >= 4 is 23.2 Å². The Kier molecular flexibility index (Phi) is 4.17. The lowest BCUT2D eigenvalue weighted by atomic mass is 10.0. The van der Waals surface area contributed by atoms with Gasteiger partial charge < -0.3 is 5.11 Å². The summed E-state index contributed by atoms with van der Waals surface area (Å²) < 4.78 is 13.6. The number of aliphatic hydroxyl groups is 1. The van der Waals surface area contributed by atoms with Gasteiger partial charge in [-0.25, -0.2) is 9.37 Å². The molecule has 1 aromatic carbocycles. The molecule has 0 aliphatic carbocycles. The number of hydrogen-bond donors (Lipinski definition) is 1. The second kappa shape index (κ2) is 5.65. The second-order valence-electron chi connectivity index (χ2n) is 3.83. The summed E-state index contributed by atoms with van der Waals surface area (Å²) in [6.45, 7) is 0. The molecule has 0 spiro atoms. The molecule has 1 unspecified atom stereocenters. The van der Waals surface area contributed by atoms with Gasteiger partial charge in [-0.05, 0) is 23.8 Å². The monoisotopic (exact) mass is 285 g/mol. The summed E-state index contributed by atoms with van der Waals surface area (Å²) in [5, 5.41) is 10.6. The van der Waals surface area contributed by atoms with E-state index in [4.69, 9.17) is 23.2 Å². The number of aromatic nitrogens is 1. The minimum Gasteiger partial charge on any atom is -0.388 e. The quantitative estimate of drug-likeness (QED) is 0.870. The summed E-state index contributed by atoms with van der Waals surface area (Å²) in [4.78, 5) is 3.87. The van der Waals surface area contributed by atoms with Gasteiger partial charge in [0.15, 0.2) is 0 Å². The summed E-state index contributed by atoms with van der Waals surface area (Å²) in [6, 6.07) is 7.65. The van der Waals surface area contributed by atoms with E-state index < -0.39 is 11.9 Å². The summed E-state index contributed by atoms with van der Waals surface area (Å²) in [5.74, 6) is -0.427. The molecule has 2 nitrogen and oxygen atoms in total. The molecule has 0 saturated heterocycles. The van der Waals surface area contributed by atoms with E-state index in [1.54, 1.807) is 18.2 Å². The summed E-state index contributed by atoms with van der Waals surface area (Å²) in [6.07, 6.45) is 0.681. The number of aliphatic hydroxyl groups excluding tert-OH is 1. The molecule has 0 aliphatic heterocycles. The van der Waals surface area contributed by atoms with Gasteiger partial charge in [0.1, 0.15) is 11.0 Å². The third kappa shape index (κ3) is 2.99. The predicted molar refractivity (Wildman–Crippen MR) is 69.3 cm³/mol. The highest BCUT2D eigenvalue weighted by atomic mass is 35.5. The first kappa shape index (κ1) is 13.3. The van der Waals surface area contributed by atoms with Gasteiger partial charge in [0.05, 0.1) is 6.10 Å². The lowest BCUT2D eigenvalue weighted by Gasteiger charge is -2.12. The molecule has 1 N–H and O–H groups in total. The highest BCUT2D eigenvalue weighted by molar-refractivity contribution is 6.31. The number of halogens is 3. The van der Waals surface area contributed by atoms with Gasteiger partial charge in [0.2, 0.25) is 0 Å². The van der Waals surface area contributed by atoms with Crippen LogP contribution in [0.1, 0.15) is 17.2 Å². The fraction of sp³-hybridized carbons (Fsp3) is 0.154. The molecule has 0 bridgehead atoms. The summed E-state index contributed by atoms with van der Waals surface area (Å²) in [5.41, 5.74) is 0.861. The Hall–Kier alpha value is -1.16. The van der Waals surface area contributed by atoms with E-state index >= 15 is 0 Å². The topological polar surface area (TPSA) is 33.1 Å². The van der Waals surface area contributed by atoms with Crippen LogP contribution in [0.2, 0.25) is 10.2 Å². The van der Waals surface area contributed by atoms with Crippen molar-refractivity contribution in [1.82, 2.24) is 4.98 Å². The molecule has 2 rings (SSSR count). The van der Waals surface area contributed by atoms with Crippen molar-refractivity contribution in [3.8, 4) is 0 Å². The molecule has 0 radical (unpaired) electrons. The minimum atomic E-state index is -0.871. The van der Waals surface area contributed by atoms with Crippen molar-refractivity contribution in [2.75, 3.05) is 0 Å². The number of nitrogens with zero attached hydrogens (tertiary/aromatic N) is 1. The molecule has 0 aliphatic rings. The van der Waals surface area contributed by atoms with Gasteiger partial charge in [0.25, 0.3) is 0 Å². The van der Waals surface area contributed by atoms with E-state index in [9.17, 15) is 9.50 Å². The van der Waals surface area contributed by atoms with Crippen molar-refractivity contribution in [3.05, 3.63) is 63.6 Å². The molecule has 0 amide bonds. The average molecular weight is 286 g/mol. The molecular weight excluding hydrogens is 276 g/mol. The van der Waals surface area contributed by atoms with Gasteiger partial charge in [0, 0.05) is 23.2 Å². The van der Waals surface area contributed by atoms with Gasteiger partial charge in [-0.1, -0.05) is 35.3 Å². The maximum Gasteiger partial charge on any atom is 0.129 e. The molecule has 5 heteroatoms. The highest BCUT2D eigenvalue weighted by Gasteiger charge is 2.14. The maximum atomic E-state index is 13.6. The second-order valence-corrected chi connectivity index (χ2v) is 4.63. The summed E-state index contributed by atoms with van der Waals surface area (Å²) in [7, 11) is 0. The van der Waals surface area contributed by atoms with Crippen molar-refractivity contribution in [3.63, 3.8) is 0 Å². The molecule has 0 saturated carbocycles. The first-order chi connectivity index (χ1) is 8.58. The SMILES string of the molecule is OC(Cc1c(F)cccc1Cl)c1ccc(Cl)nc1. The number of pyridine rings is 1. The van der Waals surface area contributed by atoms with Crippen LogP contribution in [0.5, 0.6) is 0 Å². The maximum absolute atomic E-state index is 13.6. The molecule has 1 aromatic heterocycles. The zero-order valence-corrected chi connectivity index (χ0v) is 10.8. The van der Waals surface area contributed by atoms with E-state index in [2.05, 4.69) is 4.98 Å². The largest absolute Gasteiger partial charge is 0.388 e. The zero-order chi connectivity index (χ0) is 13.1. The van der Waals surface area contributed by atoms with Gasteiger partial charge in [-0.15, -0.1) is 0 Å². The van der Waals surface area contributed by atoms with E-state index in [1.165, 1.54) is 18.3 Å². The van der Waals surface area contributed by atoms with Crippen LogP contribution in [0, 0.1) is 5.82 Å². The number of benzene rings is 1. The van der Waals surface area contributed by atoms with Crippen LogP contribution >= 0.6 is 23.2 Å². The zero-order valence-electron chi connectivity index (χ0n) is 9.28. The molecule has 2 aromatic rings. The average Bonchev–Trinajstić information content (AvgIpc) is 2.34. The fourth-order valence-electron chi connectivity index (χ4n) is 1.62. The predicted octanol–water partition coefficient (Wildman–Crippen LogP) is 3.80. The Labute approximate surface area is 114 Å². The Balaban J connectivity index is 2.21. The lowest BCUT2D eigenvalue weighted by molar-refractivity contribution is 0.177. The van der Waals surface area contributed by atoms with Crippen LogP contribution in [-0.4, -0.2) is 10.1 Å². The standard InChI is InChI=1S/C13H10Cl2FNO/c14-10-2-1-3-11(16)9(10)6-12(18)8-4-5-13(15)17-7-8/h1-5,7,12,18H,6H2. The van der Waals surface area contributed by atoms with E-state index in [0.717, 1.165) is 0 Å². The fourth-order valence-corrected chi connectivity index (χ4v) is 1.97. The number of rotatable bonds is 3. The smallest absolute Gasteiger partial charge is 0.129 e. The lowest BCUT2D eigenvalue weighted by Crippen LogP contribution is -2.04. The first-order valence-electron chi connectivity index (χ1n) is 5.30. The molecule has 94 valence electrons. The highest BCUT2D eigenvalue weighted by Crippen LogP contribution is 2.25. The van der Waals surface area contributed by atoms with Crippen molar-refractivity contribution in [2.24, 2.45) is 0 Å².